The monoisotopic (exact) mass is 406 g/mol. The third-order valence-electron chi connectivity index (χ3n) is 4.10. The fourth-order valence-electron chi connectivity index (χ4n) is 2.74. The van der Waals surface area contributed by atoms with Crippen molar-refractivity contribution in [2.24, 2.45) is 0 Å². The maximum Gasteiger partial charge on any atom is 0.308 e. The highest BCUT2D eigenvalue weighted by Gasteiger charge is 2.17. The molecule has 0 aliphatic heterocycles. The zero-order chi connectivity index (χ0) is 19.6. The molecule has 0 unspecified atom stereocenters. The molecule has 0 atom stereocenters. The summed E-state index contributed by atoms with van der Waals surface area (Å²) in [6.45, 7) is 6.21. The molecule has 0 bridgehead atoms. The predicted octanol–water partition coefficient (Wildman–Crippen LogP) is 3.31. The normalized spacial score (nSPS) is 12.0. The van der Waals surface area contributed by atoms with E-state index in [0.29, 0.717) is 10.4 Å². The van der Waals surface area contributed by atoms with Gasteiger partial charge in [0.25, 0.3) is 0 Å². The van der Waals surface area contributed by atoms with Gasteiger partial charge in [-0.2, -0.15) is 0 Å². The van der Waals surface area contributed by atoms with Crippen molar-refractivity contribution >= 4 is 31.6 Å². The molecule has 3 aromatic rings. The minimum absolute atomic E-state index is 0.0192. The minimum atomic E-state index is -3.67. The lowest BCUT2D eigenvalue weighted by Gasteiger charge is -2.10. The number of rotatable bonds is 7. The summed E-state index contributed by atoms with van der Waals surface area (Å²) in [6.07, 6.45) is 0. The second-order valence-electron chi connectivity index (χ2n) is 6.52. The van der Waals surface area contributed by atoms with Crippen LogP contribution in [0.2, 0.25) is 0 Å². The van der Waals surface area contributed by atoms with Crippen molar-refractivity contribution in [3.05, 3.63) is 57.7 Å². The first-order valence-corrected chi connectivity index (χ1v) is 10.9. The second-order valence-corrected chi connectivity index (χ2v) is 9.28. The number of fused-ring (bicyclic) bond motifs is 1. The number of aromatic nitrogens is 1. The van der Waals surface area contributed by atoms with Crippen LogP contribution in [0, 0.1) is 6.92 Å². The molecule has 0 radical (unpaired) electrons. The predicted molar refractivity (Wildman–Crippen MR) is 108 cm³/mol. The van der Waals surface area contributed by atoms with Crippen LogP contribution in [0.15, 0.2) is 52.2 Å². The van der Waals surface area contributed by atoms with Gasteiger partial charge < -0.3 is 4.74 Å². The Morgan fingerprint density at radius 2 is 1.85 bits per heavy atom. The first kappa shape index (κ1) is 19.6. The molecule has 8 heteroatoms. The van der Waals surface area contributed by atoms with Gasteiger partial charge in [0.2, 0.25) is 10.0 Å². The van der Waals surface area contributed by atoms with Gasteiger partial charge in [0, 0.05) is 12.6 Å². The number of ether oxygens (including phenoxy) is 1. The lowest BCUT2D eigenvalue weighted by molar-refractivity contribution is 0.323. The summed E-state index contributed by atoms with van der Waals surface area (Å²) in [7, 11) is -3.67. The first-order valence-electron chi connectivity index (χ1n) is 8.62. The molecule has 0 fully saturated rings. The number of thiazole rings is 1. The Kier molecular flexibility index (Phi) is 5.69. The Labute approximate surface area is 162 Å². The highest BCUT2D eigenvalue weighted by Crippen LogP contribution is 2.23. The molecule has 0 spiro atoms. The van der Waals surface area contributed by atoms with Crippen LogP contribution in [0.4, 0.5) is 0 Å². The summed E-state index contributed by atoms with van der Waals surface area (Å²) in [6, 6.07) is 12.3. The summed E-state index contributed by atoms with van der Waals surface area (Å²) in [5, 5.41) is 0. The van der Waals surface area contributed by atoms with E-state index in [0.717, 1.165) is 22.4 Å². The van der Waals surface area contributed by atoms with Crippen molar-refractivity contribution in [3.8, 4) is 5.75 Å². The van der Waals surface area contributed by atoms with Gasteiger partial charge >= 0.3 is 4.87 Å². The van der Waals surface area contributed by atoms with Gasteiger partial charge in [-0.1, -0.05) is 29.0 Å². The third-order valence-corrected chi connectivity index (χ3v) is 6.47. The maximum atomic E-state index is 12.5. The molecule has 27 heavy (non-hydrogen) atoms. The lowest BCUT2D eigenvalue weighted by Crippen LogP contribution is -2.28. The molecule has 144 valence electrons. The molecule has 0 aliphatic carbocycles. The Hall–Kier alpha value is -2.16. The fourth-order valence-corrected chi connectivity index (χ4v) is 4.90. The van der Waals surface area contributed by atoms with E-state index in [-0.39, 0.29) is 29.0 Å². The summed E-state index contributed by atoms with van der Waals surface area (Å²) >= 11 is 1.05. The first-order chi connectivity index (χ1) is 12.8. The highest BCUT2D eigenvalue weighted by molar-refractivity contribution is 7.89. The number of benzene rings is 2. The number of hydrogen-bond donors (Lipinski definition) is 1. The van der Waals surface area contributed by atoms with E-state index >= 15 is 0 Å². The maximum absolute atomic E-state index is 12.5. The van der Waals surface area contributed by atoms with Crippen molar-refractivity contribution in [3.63, 3.8) is 0 Å². The summed E-state index contributed by atoms with van der Waals surface area (Å²) < 4.78 is 35.4. The zero-order valence-electron chi connectivity index (χ0n) is 15.4. The molecule has 0 amide bonds. The van der Waals surface area contributed by atoms with Gasteiger partial charge in [-0.15, -0.1) is 0 Å². The van der Waals surface area contributed by atoms with E-state index in [1.54, 1.807) is 16.7 Å². The fraction of sp³-hybridized carbons (Fsp3) is 0.316. The molecule has 1 N–H and O–H groups in total. The Morgan fingerprint density at radius 1 is 1.15 bits per heavy atom. The molecule has 0 saturated carbocycles. The van der Waals surface area contributed by atoms with Crippen molar-refractivity contribution in [2.45, 2.75) is 31.7 Å². The number of nitrogens with one attached hydrogen (secondary N) is 1. The molecule has 1 aromatic heterocycles. The SMILES string of the molecule is Cc1ccc(OCCNS(=O)(=O)c2ccc3c(c2)sc(=O)n3C(C)C)cc1. The third kappa shape index (κ3) is 4.40. The zero-order valence-corrected chi connectivity index (χ0v) is 17.1. The molecule has 0 saturated heterocycles. The number of nitrogens with zero attached hydrogens (tertiary/aromatic N) is 1. The van der Waals surface area contributed by atoms with Gasteiger partial charge in [0.1, 0.15) is 12.4 Å². The second kappa shape index (κ2) is 7.84. The van der Waals surface area contributed by atoms with Crippen LogP contribution in [-0.2, 0) is 10.0 Å². The highest BCUT2D eigenvalue weighted by atomic mass is 32.2. The Bertz CT molecular complexity index is 1100. The summed E-state index contributed by atoms with van der Waals surface area (Å²) in [4.78, 5) is 12.2. The van der Waals surface area contributed by atoms with Crippen molar-refractivity contribution in [1.82, 2.24) is 9.29 Å². The molecule has 0 aliphatic rings. The molecule has 6 nitrogen and oxygen atoms in total. The van der Waals surface area contributed by atoms with E-state index in [9.17, 15) is 13.2 Å². The van der Waals surface area contributed by atoms with Crippen LogP contribution in [0.3, 0.4) is 0 Å². The molecule has 1 heterocycles. The molecular weight excluding hydrogens is 384 g/mol. The standard InChI is InChI=1S/C19H22N2O4S2/c1-13(2)21-17-9-8-16(12-18(17)26-19(21)22)27(23,24)20-10-11-25-15-6-4-14(3)5-7-15/h4-9,12-13,20H,10-11H2,1-3H3. The summed E-state index contributed by atoms with van der Waals surface area (Å²) in [5.74, 6) is 0.695. The van der Waals surface area contributed by atoms with Gasteiger partial charge in [0.15, 0.2) is 0 Å². The smallest absolute Gasteiger partial charge is 0.308 e. The van der Waals surface area contributed by atoms with E-state index in [2.05, 4.69) is 4.72 Å². The minimum Gasteiger partial charge on any atom is -0.492 e. The average molecular weight is 407 g/mol. The molecule has 2 aromatic carbocycles. The van der Waals surface area contributed by atoms with Crippen LogP contribution in [-0.4, -0.2) is 26.1 Å². The molecule has 3 rings (SSSR count). The van der Waals surface area contributed by atoms with Crippen molar-refractivity contribution in [2.75, 3.05) is 13.2 Å². The lowest BCUT2D eigenvalue weighted by atomic mass is 10.2. The van der Waals surface area contributed by atoms with Crippen LogP contribution >= 0.6 is 11.3 Å². The van der Waals surface area contributed by atoms with Crippen LogP contribution in [0.5, 0.6) is 5.75 Å². The topological polar surface area (TPSA) is 77.4 Å². The van der Waals surface area contributed by atoms with E-state index in [1.807, 2.05) is 45.0 Å². The van der Waals surface area contributed by atoms with Gasteiger partial charge in [-0.05, 0) is 51.1 Å². The number of hydrogen-bond acceptors (Lipinski definition) is 5. The van der Waals surface area contributed by atoms with E-state index in [4.69, 9.17) is 4.74 Å². The van der Waals surface area contributed by atoms with Crippen LogP contribution < -0.4 is 14.3 Å². The quantitative estimate of drug-likeness (QED) is 0.611. The van der Waals surface area contributed by atoms with Crippen LogP contribution in [0.25, 0.3) is 10.2 Å². The van der Waals surface area contributed by atoms with E-state index in [1.165, 1.54) is 6.07 Å². The van der Waals surface area contributed by atoms with Gasteiger partial charge in [0.05, 0.1) is 15.1 Å². The van der Waals surface area contributed by atoms with Gasteiger partial charge in [-0.3, -0.25) is 9.36 Å². The number of sulfonamides is 1. The Morgan fingerprint density at radius 3 is 2.52 bits per heavy atom. The molecular formula is C19H22N2O4S2. The van der Waals surface area contributed by atoms with Crippen LogP contribution in [0.1, 0.15) is 25.5 Å². The number of aryl methyl sites for hydroxylation is 1. The average Bonchev–Trinajstić information content (AvgIpc) is 2.95. The Balaban J connectivity index is 1.69. The van der Waals surface area contributed by atoms with Gasteiger partial charge in [-0.25, -0.2) is 13.1 Å². The largest absolute Gasteiger partial charge is 0.492 e. The van der Waals surface area contributed by atoms with Crippen molar-refractivity contribution in [1.29, 1.82) is 0 Å². The summed E-state index contributed by atoms with van der Waals surface area (Å²) in [5.41, 5.74) is 1.88. The van der Waals surface area contributed by atoms with E-state index < -0.39 is 10.0 Å². The van der Waals surface area contributed by atoms with Crippen molar-refractivity contribution < 1.29 is 13.2 Å².